The zero-order valence-corrected chi connectivity index (χ0v) is 8.62. The van der Waals surface area contributed by atoms with Crippen molar-refractivity contribution in [3.8, 4) is 0 Å². The van der Waals surface area contributed by atoms with E-state index >= 15 is 0 Å². The average molecular weight is 200 g/mol. The van der Waals surface area contributed by atoms with E-state index in [0.29, 0.717) is 0 Å². The van der Waals surface area contributed by atoms with Crippen LogP contribution in [0, 0.1) is 5.92 Å². The van der Waals surface area contributed by atoms with E-state index < -0.39 is 12.3 Å². The van der Waals surface area contributed by atoms with Gasteiger partial charge in [-0.2, -0.15) is 0 Å². The predicted octanol–water partition coefficient (Wildman–Crippen LogP) is 1.63. The molecule has 1 aliphatic carbocycles. The Balaban J connectivity index is 2.28. The second-order valence-corrected chi connectivity index (χ2v) is 3.60. The fourth-order valence-electron chi connectivity index (χ4n) is 1.68. The molecule has 1 fully saturated rings. The van der Waals surface area contributed by atoms with Crippen LogP contribution in [0.15, 0.2) is 0 Å². The Hall–Kier alpha value is -1.06. The molecule has 14 heavy (non-hydrogen) atoms. The summed E-state index contributed by atoms with van der Waals surface area (Å²) in [5.74, 6) is -0.666. The second-order valence-electron chi connectivity index (χ2n) is 3.60. The van der Waals surface area contributed by atoms with Crippen LogP contribution < -0.4 is 0 Å². The molecule has 0 saturated heterocycles. The predicted molar refractivity (Wildman–Crippen MR) is 49.3 cm³/mol. The van der Waals surface area contributed by atoms with Crippen molar-refractivity contribution in [2.45, 2.75) is 45.8 Å². The average Bonchev–Trinajstić information content (AvgIpc) is 2.53. The minimum absolute atomic E-state index is 0.00741. The van der Waals surface area contributed by atoms with Gasteiger partial charge in [-0.15, -0.1) is 0 Å². The van der Waals surface area contributed by atoms with Crippen molar-refractivity contribution in [1.29, 1.82) is 0 Å². The molecule has 0 N–H and O–H groups in total. The highest BCUT2D eigenvalue weighted by atomic mass is 16.7. The number of carbonyl (C=O) groups excluding carboxylic acids is 2. The molecule has 4 nitrogen and oxygen atoms in total. The van der Waals surface area contributed by atoms with Crippen LogP contribution in [0.4, 0.5) is 0 Å². The summed E-state index contributed by atoms with van der Waals surface area (Å²) in [6.45, 7) is 2.84. The van der Waals surface area contributed by atoms with Gasteiger partial charge in [0.05, 0.1) is 5.92 Å². The van der Waals surface area contributed by atoms with Crippen LogP contribution in [0.3, 0.4) is 0 Å². The Morgan fingerprint density at radius 1 is 1.21 bits per heavy atom. The van der Waals surface area contributed by atoms with E-state index in [9.17, 15) is 9.59 Å². The standard InChI is InChI=1S/C10H16O4/c1-7(11)13-8(2)14-10(12)9-5-3-4-6-9/h8-9H,3-6H2,1-2H3. The van der Waals surface area contributed by atoms with Crippen LogP contribution in [0.5, 0.6) is 0 Å². The molecule has 0 amide bonds. The largest absolute Gasteiger partial charge is 0.426 e. The molecule has 4 heteroatoms. The van der Waals surface area contributed by atoms with Crippen LogP contribution in [0.2, 0.25) is 0 Å². The number of rotatable bonds is 3. The maximum atomic E-state index is 11.4. The maximum absolute atomic E-state index is 11.4. The molecule has 80 valence electrons. The zero-order chi connectivity index (χ0) is 10.6. The Bertz CT molecular complexity index is 218. The highest BCUT2D eigenvalue weighted by Crippen LogP contribution is 2.26. The van der Waals surface area contributed by atoms with Crippen molar-refractivity contribution in [2.24, 2.45) is 5.92 Å². The number of hydrogen-bond donors (Lipinski definition) is 0. The highest BCUT2D eigenvalue weighted by Gasteiger charge is 2.25. The quantitative estimate of drug-likeness (QED) is 0.513. The zero-order valence-electron chi connectivity index (χ0n) is 8.62. The van der Waals surface area contributed by atoms with E-state index in [2.05, 4.69) is 0 Å². The second kappa shape index (κ2) is 4.98. The summed E-state index contributed by atoms with van der Waals surface area (Å²) in [5.41, 5.74) is 0. The fraction of sp³-hybridized carbons (Fsp3) is 0.800. The van der Waals surface area contributed by atoms with Gasteiger partial charge in [-0.1, -0.05) is 12.8 Å². The number of hydrogen-bond acceptors (Lipinski definition) is 4. The molecule has 0 radical (unpaired) electrons. The van der Waals surface area contributed by atoms with Gasteiger partial charge in [0, 0.05) is 13.8 Å². The molecule has 0 aromatic heterocycles. The van der Waals surface area contributed by atoms with Crippen molar-refractivity contribution in [3.63, 3.8) is 0 Å². The molecule has 0 spiro atoms. The normalized spacial score (nSPS) is 19.0. The van der Waals surface area contributed by atoms with Crippen LogP contribution in [0.25, 0.3) is 0 Å². The molecular formula is C10H16O4. The van der Waals surface area contributed by atoms with Crippen LogP contribution in [-0.2, 0) is 19.1 Å². The lowest BCUT2D eigenvalue weighted by molar-refractivity contribution is -0.185. The lowest BCUT2D eigenvalue weighted by Gasteiger charge is -2.15. The molecule has 0 heterocycles. The minimum atomic E-state index is -0.763. The number of ether oxygens (including phenoxy) is 2. The topological polar surface area (TPSA) is 52.6 Å². The third kappa shape index (κ3) is 3.36. The van der Waals surface area contributed by atoms with Gasteiger partial charge in [-0.25, -0.2) is 0 Å². The molecule has 1 unspecified atom stereocenters. The Morgan fingerprint density at radius 3 is 2.29 bits per heavy atom. The summed E-state index contributed by atoms with van der Waals surface area (Å²) in [5, 5.41) is 0. The summed E-state index contributed by atoms with van der Waals surface area (Å²) in [4.78, 5) is 22.0. The smallest absolute Gasteiger partial charge is 0.311 e. The Kier molecular flexibility index (Phi) is 3.92. The molecule has 0 aromatic carbocycles. The van der Waals surface area contributed by atoms with E-state index in [1.807, 2.05) is 0 Å². The van der Waals surface area contributed by atoms with Crippen LogP contribution >= 0.6 is 0 Å². The molecule has 0 bridgehead atoms. The van der Waals surface area contributed by atoms with Crippen LogP contribution in [-0.4, -0.2) is 18.2 Å². The monoisotopic (exact) mass is 200 g/mol. The Morgan fingerprint density at radius 2 is 1.79 bits per heavy atom. The van der Waals surface area contributed by atoms with Crippen molar-refractivity contribution < 1.29 is 19.1 Å². The lowest BCUT2D eigenvalue weighted by atomic mass is 10.1. The molecule has 0 aliphatic heterocycles. The highest BCUT2D eigenvalue weighted by molar-refractivity contribution is 5.73. The van der Waals surface area contributed by atoms with Gasteiger partial charge in [0.15, 0.2) is 0 Å². The first-order valence-corrected chi connectivity index (χ1v) is 4.97. The summed E-state index contributed by atoms with van der Waals surface area (Å²) < 4.78 is 9.66. The van der Waals surface area contributed by atoms with Crippen molar-refractivity contribution in [1.82, 2.24) is 0 Å². The third-order valence-corrected chi connectivity index (χ3v) is 2.30. The van der Waals surface area contributed by atoms with Gasteiger partial charge in [0.1, 0.15) is 0 Å². The van der Waals surface area contributed by atoms with E-state index in [1.54, 1.807) is 6.92 Å². The first-order chi connectivity index (χ1) is 6.59. The van der Waals surface area contributed by atoms with Crippen molar-refractivity contribution in [3.05, 3.63) is 0 Å². The molecule has 1 saturated carbocycles. The summed E-state index contributed by atoms with van der Waals surface area (Å²) in [7, 11) is 0. The lowest BCUT2D eigenvalue weighted by Crippen LogP contribution is -2.24. The van der Waals surface area contributed by atoms with Gasteiger partial charge >= 0.3 is 11.9 Å². The summed E-state index contributed by atoms with van der Waals surface area (Å²) in [6.07, 6.45) is 3.20. The first-order valence-electron chi connectivity index (χ1n) is 4.97. The number of carbonyl (C=O) groups is 2. The molecule has 1 atom stereocenters. The van der Waals surface area contributed by atoms with E-state index in [1.165, 1.54) is 6.92 Å². The number of esters is 2. The van der Waals surface area contributed by atoms with E-state index in [-0.39, 0.29) is 11.9 Å². The molecular weight excluding hydrogens is 184 g/mol. The SMILES string of the molecule is CC(=O)OC(C)OC(=O)C1CCCC1. The Labute approximate surface area is 83.6 Å². The maximum Gasteiger partial charge on any atom is 0.311 e. The third-order valence-electron chi connectivity index (χ3n) is 2.30. The van der Waals surface area contributed by atoms with E-state index in [4.69, 9.17) is 9.47 Å². The van der Waals surface area contributed by atoms with Crippen LogP contribution in [0.1, 0.15) is 39.5 Å². The summed E-state index contributed by atoms with van der Waals surface area (Å²) in [6, 6.07) is 0. The van der Waals surface area contributed by atoms with Gasteiger partial charge in [0.2, 0.25) is 6.29 Å². The molecule has 1 aliphatic rings. The van der Waals surface area contributed by atoms with Gasteiger partial charge in [-0.3, -0.25) is 9.59 Å². The first kappa shape index (κ1) is 11.0. The van der Waals surface area contributed by atoms with Crippen molar-refractivity contribution in [2.75, 3.05) is 0 Å². The summed E-state index contributed by atoms with van der Waals surface area (Å²) >= 11 is 0. The van der Waals surface area contributed by atoms with Gasteiger partial charge in [0.25, 0.3) is 0 Å². The fourth-order valence-corrected chi connectivity index (χ4v) is 1.68. The molecule has 1 rings (SSSR count). The van der Waals surface area contributed by atoms with Gasteiger partial charge in [-0.05, 0) is 12.8 Å². The van der Waals surface area contributed by atoms with Gasteiger partial charge < -0.3 is 9.47 Å². The molecule has 0 aromatic rings. The van der Waals surface area contributed by atoms with E-state index in [0.717, 1.165) is 25.7 Å². The van der Waals surface area contributed by atoms with Crippen molar-refractivity contribution >= 4 is 11.9 Å². The minimum Gasteiger partial charge on any atom is -0.426 e.